The molecule has 0 saturated heterocycles. The van der Waals surface area contributed by atoms with Crippen molar-refractivity contribution in [1.82, 2.24) is 4.90 Å². The highest BCUT2D eigenvalue weighted by molar-refractivity contribution is 5.15. The lowest BCUT2D eigenvalue weighted by Gasteiger charge is -2.24. The fourth-order valence-electron chi connectivity index (χ4n) is 1.53. The maximum absolute atomic E-state index is 9.10. The second kappa shape index (κ2) is 7.11. The number of hydrogen-bond donors (Lipinski definition) is 1. The summed E-state index contributed by atoms with van der Waals surface area (Å²) in [6.07, 6.45) is -0.541. The van der Waals surface area contributed by atoms with Gasteiger partial charge in [0.2, 0.25) is 0 Å². The zero-order chi connectivity index (χ0) is 12.7. The molecule has 0 bridgehead atoms. The summed E-state index contributed by atoms with van der Waals surface area (Å²) in [5.74, 6) is 5.79. The molecule has 0 aliphatic carbocycles. The molecule has 0 spiro atoms. The van der Waals surface area contributed by atoms with Gasteiger partial charge in [0.1, 0.15) is 6.10 Å². The van der Waals surface area contributed by atoms with Crippen molar-refractivity contribution in [3.05, 3.63) is 35.9 Å². The lowest BCUT2D eigenvalue weighted by molar-refractivity contribution is 0.238. The van der Waals surface area contributed by atoms with E-state index in [1.165, 1.54) is 5.56 Å². The number of rotatable bonds is 4. The molecule has 1 atom stereocenters. The highest BCUT2D eigenvalue weighted by atomic mass is 16.3. The van der Waals surface area contributed by atoms with Crippen LogP contribution in [-0.4, -0.2) is 28.7 Å². The summed E-state index contributed by atoms with van der Waals surface area (Å²) in [7, 11) is 0. The molecule has 0 saturated carbocycles. The van der Waals surface area contributed by atoms with Gasteiger partial charge in [-0.25, -0.2) is 0 Å². The molecular formula is C15H21NO. The van der Waals surface area contributed by atoms with Crippen LogP contribution in [0.2, 0.25) is 0 Å². The minimum absolute atomic E-state index is 0.443. The zero-order valence-electron chi connectivity index (χ0n) is 10.9. The van der Waals surface area contributed by atoms with Crippen LogP contribution in [-0.2, 0) is 6.54 Å². The molecule has 1 aromatic carbocycles. The lowest BCUT2D eigenvalue weighted by Crippen LogP contribution is -2.30. The molecule has 0 fully saturated rings. The minimum atomic E-state index is -0.541. The molecule has 0 amide bonds. The summed E-state index contributed by atoms with van der Waals surface area (Å²) in [6.45, 7) is 7.59. The average molecular weight is 231 g/mol. The van der Waals surface area contributed by atoms with Gasteiger partial charge in [0, 0.05) is 12.6 Å². The van der Waals surface area contributed by atoms with Crippen molar-refractivity contribution in [2.45, 2.75) is 39.5 Å². The first-order valence-corrected chi connectivity index (χ1v) is 6.04. The number of nitrogens with zero attached hydrogens (tertiary/aromatic N) is 1. The van der Waals surface area contributed by atoms with Gasteiger partial charge >= 0.3 is 0 Å². The van der Waals surface area contributed by atoms with E-state index < -0.39 is 6.10 Å². The van der Waals surface area contributed by atoms with Crippen molar-refractivity contribution in [1.29, 1.82) is 0 Å². The number of hydrogen-bond acceptors (Lipinski definition) is 2. The standard InChI is InChI=1S/C15H21NO/c1-13(2)16(11-7-8-14(3)17)12-15-9-5-4-6-10-15/h4-6,9-10,13-14,17H,11-12H2,1-3H3. The predicted molar refractivity (Wildman–Crippen MR) is 71.4 cm³/mol. The zero-order valence-corrected chi connectivity index (χ0v) is 10.9. The van der Waals surface area contributed by atoms with Gasteiger partial charge in [0.25, 0.3) is 0 Å². The maximum Gasteiger partial charge on any atom is 0.112 e. The van der Waals surface area contributed by atoms with Crippen molar-refractivity contribution >= 4 is 0 Å². The third-order valence-corrected chi connectivity index (χ3v) is 2.55. The van der Waals surface area contributed by atoms with Crippen LogP contribution in [0.5, 0.6) is 0 Å². The Bertz CT molecular complexity index is 373. The van der Waals surface area contributed by atoms with Crippen LogP contribution in [0.4, 0.5) is 0 Å². The molecule has 0 aromatic heterocycles. The normalized spacial score (nSPS) is 12.4. The maximum atomic E-state index is 9.10. The van der Waals surface area contributed by atoms with Crippen LogP contribution < -0.4 is 0 Å². The van der Waals surface area contributed by atoms with Crippen LogP contribution in [0.3, 0.4) is 0 Å². The largest absolute Gasteiger partial charge is 0.381 e. The van der Waals surface area contributed by atoms with Crippen molar-refractivity contribution < 1.29 is 5.11 Å². The Balaban J connectivity index is 2.59. The SMILES string of the molecule is CC(O)C#CCN(Cc1ccccc1)C(C)C. The molecule has 0 heterocycles. The molecule has 2 nitrogen and oxygen atoms in total. The fourth-order valence-corrected chi connectivity index (χ4v) is 1.53. The quantitative estimate of drug-likeness (QED) is 0.804. The third kappa shape index (κ3) is 5.53. The van der Waals surface area contributed by atoms with Crippen molar-refractivity contribution in [3.63, 3.8) is 0 Å². The van der Waals surface area contributed by atoms with E-state index in [-0.39, 0.29) is 0 Å². The average Bonchev–Trinajstić information content (AvgIpc) is 2.28. The molecule has 17 heavy (non-hydrogen) atoms. The number of benzene rings is 1. The Labute approximate surface area is 104 Å². The first kappa shape index (κ1) is 13.8. The molecule has 1 N–H and O–H groups in total. The van der Waals surface area contributed by atoms with Gasteiger partial charge in [-0.1, -0.05) is 42.2 Å². The van der Waals surface area contributed by atoms with E-state index in [2.05, 4.69) is 54.9 Å². The van der Waals surface area contributed by atoms with Gasteiger partial charge in [-0.2, -0.15) is 0 Å². The molecule has 92 valence electrons. The Morgan fingerprint density at radius 2 is 1.82 bits per heavy atom. The van der Waals surface area contributed by atoms with E-state index in [0.717, 1.165) is 6.54 Å². The first-order valence-electron chi connectivity index (χ1n) is 6.04. The first-order chi connectivity index (χ1) is 8.09. The van der Waals surface area contributed by atoms with Gasteiger partial charge in [-0.15, -0.1) is 0 Å². The van der Waals surface area contributed by atoms with E-state index >= 15 is 0 Å². The molecule has 0 aliphatic rings. The summed E-state index contributed by atoms with van der Waals surface area (Å²) in [5, 5.41) is 9.10. The Kier molecular flexibility index (Phi) is 5.76. The smallest absolute Gasteiger partial charge is 0.112 e. The summed E-state index contributed by atoms with van der Waals surface area (Å²) >= 11 is 0. The summed E-state index contributed by atoms with van der Waals surface area (Å²) < 4.78 is 0. The van der Waals surface area contributed by atoms with Crippen LogP contribution >= 0.6 is 0 Å². The van der Waals surface area contributed by atoms with Gasteiger partial charge in [0.05, 0.1) is 6.54 Å². The van der Waals surface area contributed by atoms with Gasteiger partial charge in [0.15, 0.2) is 0 Å². The van der Waals surface area contributed by atoms with Crippen molar-refractivity contribution in [2.75, 3.05) is 6.54 Å². The second-order valence-corrected chi connectivity index (χ2v) is 4.48. The third-order valence-electron chi connectivity index (χ3n) is 2.55. The topological polar surface area (TPSA) is 23.5 Å². The Hall–Kier alpha value is -1.30. The van der Waals surface area contributed by atoms with Crippen LogP contribution in [0.25, 0.3) is 0 Å². The minimum Gasteiger partial charge on any atom is -0.381 e. The van der Waals surface area contributed by atoms with Crippen molar-refractivity contribution in [3.8, 4) is 11.8 Å². The van der Waals surface area contributed by atoms with E-state index in [9.17, 15) is 0 Å². The Morgan fingerprint density at radius 1 is 1.18 bits per heavy atom. The predicted octanol–water partition coefficient (Wildman–Crippen LogP) is 2.28. The highest BCUT2D eigenvalue weighted by Gasteiger charge is 2.08. The van der Waals surface area contributed by atoms with Gasteiger partial charge in [-0.05, 0) is 26.3 Å². The summed E-state index contributed by atoms with van der Waals surface area (Å²) in [6, 6.07) is 10.8. The Morgan fingerprint density at radius 3 is 2.35 bits per heavy atom. The summed E-state index contributed by atoms with van der Waals surface area (Å²) in [4.78, 5) is 2.28. The molecule has 2 heteroatoms. The summed E-state index contributed by atoms with van der Waals surface area (Å²) in [5.41, 5.74) is 1.29. The highest BCUT2D eigenvalue weighted by Crippen LogP contribution is 2.07. The van der Waals surface area contributed by atoms with E-state index in [4.69, 9.17) is 5.11 Å². The lowest BCUT2D eigenvalue weighted by atomic mass is 10.2. The molecule has 1 unspecified atom stereocenters. The number of aliphatic hydroxyl groups excluding tert-OH is 1. The molecule has 0 radical (unpaired) electrons. The monoisotopic (exact) mass is 231 g/mol. The molecule has 1 rings (SSSR count). The van der Waals surface area contributed by atoms with Crippen molar-refractivity contribution in [2.24, 2.45) is 0 Å². The molecule has 0 aliphatic heterocycles. The second-order valence-electron chi connectivity index (χ2n) is 4.48. The van der Waals surface area contributed by atoms with Crippen LogP contribution in [0, 0.1) is 11.8 Å². The number of aliphatic hydroxyl groups is 1. The van der Waals surface area contributed by atoms with Crippen LogP contribution in [0.1, 0.15) is 26.3 Å². The van der Waals surface area contributed by atoms with E-state index in [0.29, 0.717) is 12.6 Å². The molecular weight excluding hydrogens is 210 g/mol. The van der Waals surface area contributed by atoms with Gasteiger partial charge in [-0.3, -0.25) is 4.90 Å². The van der Waals surface area contributed by atoms with Gasteiger partial charge < -0.3 is 5.11 Å². The fraction of sp³-hybridized carbons (Fsp3) is 0.467. The molecule has 1 aromatic rings. The van der Waals surface area contributed by atoms with E-state index in [1.54, 1.807) is 6.92 Å². The van der Waals surface area contributed by atoms with Crippen LogP contribution in [0.15, 0.2) is 30.3 Å². The van der Waals surface area contributed by atoms with E-state index in [1.807, 2.05) is 6.07 Å².